The van der Waals surface area contributed by atoms with E-state index < -0.39 is 22.5 Å². The third-order valence-electron chi connectivity index (χ3n) is 14.2. The number of anilines is 1. The number of nitrogens with zero attached hydrogens (tertiary/aromatic N) is 1. The Hall–Kier alpha value is -3.46. The molecule has 3 saturated carbocycles. The van der Waals surface area contributed by atoms with Crippen LogP contribution < -0.4 is 10.1 Å². The topological polar surface area (TPSA) is 99.1 Å². The van der Waals surface area contributed by atoms with Crippen LogP contribution >= 0.6 is 11.3 Å². The summed E-state index contributed by atoms with van der Waals surface area (Å²) in [4.78, 5) is 31.3. The van der Waals surface area contributed by atoms with Gasteiger partial charge >= 0.3 is 6.03 Å². The number of nitrogens with one attached hydrogen (secondary N) is 1. The summed E-state index contributed by atoms with van der Waals surface area (Å²) in [5, 5.41) is 28.1. The molecule has 1 heterocycles. The minimum atomic E-state index is -1.13. The SMILES string of the molecule is CCCN(C[C@]1(O)CC[C@H]2[C@]34C=C[C@@]5(C=C3C(=O)c3cc6ccccc6s3)CC(O)CC[C@]5(C)[C@H]4CC[C@@]21C)C(=O)Nc1ccc(OC)cc1. The van der Waals surface area contributed by atoms with Gasteiger partial charge in [-0.2, -0.15) is 0 Å². The summed E-state index contributed by atoms with van der Waals surface area (Å²) < 4.78 is 6.39. The number of aliphatic hydroxyl groups is 2. The van der Waals surface area contributed by atoms with Crippen LogP contribution in [0.2, 0.25) is 0 Å². The largest absolute Gasteiger partial charge is 0.497 e. The molecule has 6 aliphatic rings. The van der Waals surface area contributed by atoms with E-state index in [0.717, 1.165) is 64.8 Å². The fraction of sp³-hybridized carbons (Fsp3) is 0.524. The predicted molar refractivity (Wildman–Crippen MR) is 199 cm³/mol. The van der Waals surface area contributed by atoms with Crippen LogP contribution in [-0.4, -0.2) is 58.8 Å². The lowest BCUT2D eigenvalue weighted by molar-refractivity contribution is -0.174. The van der Waals surface area contributed by atoms with Crippen LogP contribution in [-0.2, 0) is 0 Å². The molecule has 2 aromatic carbocycles. The van der Waals surface area contributed by atoms with E-state index in [-0.39, 0.29) is 41.0 Å². The lowest BCUT2D eigenvalue weighted by atomic mass is 9.32. The van der Waals surface area contributed by atoms with Crippen LogP contribution in [0.4, 0.5) is 10.5 Å². The molecule has 50 heavy (non-hydrogen) atoms. The highest BCUT2D eigenvalue weighted by atomic mass is 32.1. The first-order valence-electron chi connectivity index (χ1n) is 18.5. The second-order valence-electron chi connectivity index (χ2n) is 16.4. The molecule has 0 radical (unpaired) electrons. The smallest absolute Gasteiger partial charge is 0.321 e. The van der Waals surface area contributed by atoms with E-state index in [4.69, 9.17) is 4.74 Å². The van der Waals surface area contributed by atoms with Crippen molar-refractivity contribution in [3.63, 3.8) is 0 Å². The maximum atomic E-state index is 15.0. The zero-order valence-electron chi connectivity index (χ0n) is 29.7. The van der Waals surface area contributed by atoms with E-state index in [1.807, 2.05) is 42.5 Å². The molecule has 6 aliphatic carbocycles. The Kier molecular flexibility index (Phi) is 7.94. The summed E-state index contributed by atoms with van der Waals surface area (Å²) in [6.45, 7) is 7.46. The van der Waals surface area contributed by atoms with Crippen molar-refractivity contribution in [1.82, 2.24) is 4.90 Å². The average molecular weight is 695 g/mol. The van der Waals surface area contributed by atoms with Crippen molar-refractivity contribution >= 4 is 38.9 Å². The molecule has 2 bridgehead atoms. The van der Waals surface area contributed by atoms with E-state index in [2.05, 4.69) is 56.4 Å². The summed E-state index contributed by atoms with van der Waals surface area (Å²) in [6.07, 6.45) is 12.7. The van der Waals surface area contributed by atoms with Gasteiger partial charge in [0.25, 0.3) is 0 Å². The fourth-order valence-corrected chi connectivity index (χ4v) is 12.6. The van der Waals surface area contributed by atoms with E-state index in [1.54, 1.807) is 23.3 Å². The second kappa shape index (κ2) is 11.8. The van der Waals surface area contributed by atoms with E-state index in [9.17, 15) is 15.0 Å². The molecule has 2 amide bonds. The summed E-state index contributed by atoms with van der Waals surface area (Å²) in [5.41, 5.74) is -1.12. The number of fused-ring (bicyclic) bond motifs is 2. The van der Waals surface area contributed by atoms with Crippen LogP contribution in [0.3, 0.4) is 0 Å². The van der Waals surface area contributed by atoms with Gasteiger partial charge in [0.05, 0.1) is 30.2 Å². The van der Waals surface area contributed by atoms with Gasteiger partial charge in [-0.3, -0.25) is 4.79 Å². The monoisotopic (exact) mass is 694 g/mol. The van der Waals surface area contributed by atoms with Crippen molar-refractivity contribution in [1.29, 1.82) is 0 Å². The summed E-state index contributed by atoms with van der Waals surface area (Å²) in [5.74, 6) is 1.05. The molecule has 3 aromatic rings. The Balaban J connectivity index is 1.17. The van der Waals surface area contributed by atoms with Crippen molar-refractivity contribution in [2.24, 2.45) is 33.5 Å². The van der Waals surface area contributed by atoms with Crippen LogP contribution in [0.5, 0.6) is 5.75 Å². The number of hydrogen-bond donors (Lipinski definition) is 3. The number of carbonyl (C=O) groups is 2. The molecule has 7 nitrogen and oxygen atoms in total. The van der Waals surface area contributed by atoms with Crippen LogP contribution in [0, 0.1) is 33.5 Å². The maximum absolute atomic E-state index is 15.0. The van der Waals surface area contributed by atoms with Crippen LogP contribution in [0.1, 0.15) is 81.8 Å². The van der Waals surface area contributed by atoms with Crippen molar-refractivity contribution in [3.8, 4) is 5.75 Å². The number of amides is 2. The van der Waals surface area contributed by atoms with Gasteiger partial charge in [0.2, 0.25) is 0 Å². The average Bonchev–Trinajstić information content (AvgIpc) is 3.66. The minimum Gasteiger partial charge on any atom is -0.497 e. The minimum absolute atomic E-state index is 0.0229. The molecule has 8 heteroatoms. The number of carbonyl (C=O) groups excluding carboxylic acids is 2. The van der Waals surface area contributed by atoms with Crippen LogP contribution in [0.25, 0.3) is 10.1 Å². The highest BCUT2D eigenvalue weighted by molar-refractivity contribution is 7.21. The Morgan fingerprint density at radius 2 is 1.70 bits per heavy atom. The lowest BCUT2D eigenvalue weighted by Gasteiger charge is -2.71. The Morgan fingerprint density at radius 3 is 2.44 bits per heavy atom. The van der Waals surface area contributed by atoms with Crippen LogP contribution in [0.15, 0.2) is 78.4 Å². The second-order valence-corrected chi connectivity index (χ2v) is 17.5. The van der Waals surface area contributed by atoms with Gasteiger partial charge in [-0.1, -0.05) is 57.2 Å². The molecule has 3 N–H and O–H groups in total. The van der Waals surface area contributed by atoms with Crippen molar-refractivity contribution in [2.75, 3.05) is 25.5 Å². The molecular weight excluding hydrogens is 645 g/mol. The van der Waals surface area contributed by atoms with Crippen molar-refractivity contribution in [3.05, 3.63) is 83.3 Å². The van der Waals surface area contributed by atoms with Crippen molar-refractivity contribution in [2.45, 2.75) is 83.8 Å². The number of allylic oxidation sites excluding steroid dienone is 4. The van der Waals surface area contributed by atoms with E-state index in [1.165, 1.54) is 0 Å². The van der Waals surface area contributed by atoms with Gasteiger partial charge < -0.3 is 25.2 Å². The maximum Gasteiger partial charge on any atom is 0.321 e. The van der Waals surface area contributed by atoms with Gasteiger partial charge in [-0.15, -0.1) is 11.3 Å². The number of benzene rings is 2. The van der Waals surface area contributed by atoms with E-state index >= 15 is 4.79 Å². The molecule has 3 fully saturated rings. The molecule has 2 spiro atoms. The highest BCUT2D eigenvalue weighted by Crippen LogP contribution is 2.78. The number of thiophene rings is 1. The number of Topliss-reactive ketones (excluding diaryl/α,β-unsaturated/α-hetero) is 1. The lowest BCUT2D eigenvalue weighted by Crippen LogP contribution is -2.67. The van der Waals surface area contributed by atoms with Gasteiger partial charge in [-0.25, -0.2) is 4.79 Å². The number of hydrogen-bond acceptors (Lipinski definition) is 6. The third-order valence-corrected chi connectivity index (χ3v) is 15.3. The molecule has 0 aliphatic heterocycles. The number of urea groups is 1. The quantitative estimate of drug-likeness (QED) is 0.162. The summed E-state index contributed by atoms with van der Waals surface area (Å²) >= 11 is 1.56. The molecule has 9 rings (SSSR count). The molecule has 0 saturated heterocycles. The molecule has 264 valence electrons. The predicted octanol–water partition coefficient (Wildman–Crippen LogP) is 8.63. The Labute approximate surface area is 299 Å². The third kappa shape index (κ3) is 4.66. The number of ether oxygens (including phenoxy) is 1. The fourth-order valence-electron chi connectivity index (χ4n) is 11.5. The first-order chi connectivity index (χ1) is 23.9. The molecular formula is C42H50N2O5S. The number of ketones is 1. The standard InChI is InChI=1S/C42H50N2O5S/c1-5-22-44(37(47)43-28-10-12-30(49-4)13-11-28)26-41(48)19-16-35-39(41,3)18-15-34-38(2)17-14-29(45)24-40(38)20-21-42(34,35)31(25-40)36(46)33-23-27-8-6-7-9-32(27)50-33/h6-13,20-21,23,25,29,34-35,45,48H,5,14-19,22,24,26H2,1-4H3,(H,43,47)/t29?,34-,35-,38-,39+,40+,41-,42-/m1/s1. The highest BCUT2D eigenvalue weighted by Gasteiger charge is 2.74. The summed E-state index contributed by atoms with van der Waals surface area (Å²) in [6, 6.07) is 17.3. The molecule has 1 aromatic heterocycles. The van der Waals surface area contributed by atoms with Crippen molar-refractivity contribution < 1.29 is 24.5 Å². The zero-order chi connectivity index (χ0) is 35.1. The molecule has 1 unspecified atom stereocenters. The van der Waals surface area contributed by atoms with E-state index in [0.29, 0.717) is 25.1 Å². The number of rotatable bonds is 8. The van der Waals surface area contributed by atoms with Gasteiger partial charge in [-0.05, 0) is 110 Å². The summed E-state index contributed by atoms with van der Waals surface area (Å²) in [7, 11) is 1.62. The van der Waals surface area contributed by atoms with Gasteiger partial charge in [0, 0.05) is 38.8 Å². The Bertz CT molecular complexity index is 1870. The Morgan fingerprint density at radius 1 is 0.980 bits per heavy atom. The number of methoxy groups -OCH3 is 1. The molecule has 8 atom stereocenters. The number of aliphatic hydroxyl groups excluding tert-OH is 1. The van der Waals surface area contributed by atoms with Gasteiger partial charge in [0.1, 0.15) is 5.75 Å². The zero-order valence-corrected chi connectivity index (χ0v) is 30.5. The normalized spacial score (nSPS) is 36.7. The van der Waals surface area contributed by atoms with Gasteiger partial charge in [0.15, 0.2) is 5.78 Å². The first kappa shape index (κ1) is 33.7. The first-order valence-corrected chi connectivity index (χ1v) is 19.3.